The maximum atomic E-state index is 13.0. The van der Waals surface area contributed by atoms with Crippen molar-refractivity contribution < 1.29 is 18.8 Å². The summed E-state index contributed by atoms with van der Waals surface area (Å²) in [6.07, 6.45) is 2.31. The number of anilines is 1. The van der Waals surface area contributed by atoms with Gasteiger partial charge in [-0.2, -0.15) is 0 Å². The summed E-state index contributed by atoms with van der Waals surface area (Å²) >= 11 is 1.46. The van der Waals surface area contributed by atoms with Crippen LogP contribution < -0.4 is 9.64 Å². The van der Waals surface area contributed by atoms with E-state index in [-0.39, 0.29) is 24.1 Å². The quantitative estimate of drug-likeness (QED) is 0.560. The van der Waals surface area contributed by atoms with E-state index in [4.69, 9.17) is 14.0 Å². The number of carbonyl (C=O) groups excluding carboxylic acids is 1. The fourth-order valence-corrected chi connectivity index (χ4v) is 4.17. The Balaban J connectivity index is 0.00000240. The van der Waals surface area contributed by atoms with Crippen LogP contribution in [0.4, 0.5) is 5.13 Å². The molecule has 0 radical (unpaired) electrons. The third-order valence-electron chi connectivity index (χ3n) is 4.67. The van der Waals surface area contributed by atoms with Crippen molar-refractivity contribution in [3.05, 3.63) is 36.2 Å². The van der Waals surface area contributed by atoms with Gasteiger partial charge in [-0.1, -0.05) is 16.5 Å². The number of benzene rings is 1. The van der Waals surface area contributed by atoms with Gasteiger partial charge in [-0.3, -0.25) is 14.6 Å². The van der Waals surface area contributed by atoms with E-state index < -0.39 is 0 Å². The molecule has 0 N–H and O–H groups in total. The second kappa shape index (κ2) is 10.0. The van der Waals surface area contributed by atoms with Crippen molar-refractivity contribution in [1.29, 1.82) is 0 Å². The van der Waals surface area contributed by atoms with Gasteiger partial charge in [0.15, 0.2) is 5.13 Å². The van der Waals surface area contributed by atoms with Gasteiger partial charge in [0.1, 0.15) is 5.75 Å². The maximum Gasteiger partial charge on any atom is 0.298 e. The fraction of sp³-hybridized carbons (Fsp3) is 0.421. The Morgan fingerprint density at radius 3 is 2.86 bits per heavy atom. The maximum absolute atomic E-state index is 13.0. The highest BCUT2D eigenvalue weighted by molar-refractivity contribution is 7.22. The molecule has 0 unspecified atom stereocenters. The molecule has 10 heteroatoms. The summed E-state index contributed by atoms with van der Waals surface area (Å²) in [7, 11) is 1.63. The predicted molar refractivity (Wildman–Crippen MR) is 113 cm³/mol. The van der Waals surface area contributed by atoms with Crippen molar-refractivity contribution in [2.75, 3.05) is 51.4 Å². The summed E-state index contributed by atoms with van der Waals surface area (Å²) in [5.41, 5.74) is 0.837. The minimum Gasteiger partial charge on any atom is -0.497 e. The van der Waals surface area contributed by atoms with E-state index in [1.807, 2.05) is 18.2 Å². The van der Waals surface area contributed by atoms with Gasteiger partial charge in [-0.05, 0) is 24.6 Å². The summed E-state index contributed by atoms with van der Waals surface area (Å²) in [6, 6.07) is 7.28. The molecule has 4 rings (SSSR count). The molecule has 0 atom stereocenters. The number of morpholine rings is 1. The SMILES string of the molecule is COc1ccc2nc(N(CCCN3CCOCC3)C(=O)c3ccno3)sc2c1.Cl. The lowest BCUT2D eigenvalue weighted by Crippen LogP contribution is -2.39. The van der Waals surface area contributed by atoms with Crippen molar-refractivity contribution in [1.82, 2.24) is 15.0 Å². The number of ether oxygens (including phenoxy) is 2. The number of hydrogen-bond acceptors (Lipinski definition) is 8. The van der Waals surface area contributed by atoms with Crippen LogP contribution in [0.1, 0.15) is 17.0 Å². The standard InChI is InChI=1S/C19H22N4O4S.ClH/c1-25-14-3-4-15-17(13-14)28-19(21-15)23(18(24)16-5-6-20-27-16)8-2-7-22-9-11-26-12-10-22;/h3-6,13H,2,7-12H2,1H3;1H. The number of halogens is 1. The summed E-state index contributed by atoms with van der Waals surface area (Å²) in [4.78, 5) is 21.7. The van der Waals surface area contributed by atoms with Crippen molar-refractivity contribution in [3.8, 4) is 5.75 Å². The zero-order valence-electron chi connectivity index (χ0n) is 16.1. The third-order valence-corrected chi connectivity index (χ3v) is 5.71. The molecule has 3 heterocycles. The average Bonchev–Trinajstić information content (AvgIpc) is 3.40. The zero-order valence-corrected chi connectivity index (χ0v) is 17.7. The Bertz CT molecular complexity index is 928. The van der Waals surface area contributed by atoms with Crippen LogP contribution in [-0.4, -0.2) is 67.5 Å². The van der Waals surface area contributed by atoms with Crippen molar-refractivity contribution in [2.24, 2.45) is 0 Å². The predicted octanol–water partition coefficient (Wildman–Crippen LogP) is 3.08. The molecule has 1 fully saturated rings. The molecule has 1 aromatic carbocycles. The number of amides is 1. The molecule has 29 heavy (non-hydrogen) atoms. The van der Waals surface area contributed by atoms with Crippen LogP contribution in [0, 0.1) is 0 Å². The largest absolute Gasteiger partial charge is 0.497 e. The molecule has 156 valence electrons. The first-order valence-electron chi connectivity index (χ1n) is 9.22. The van der Waals surface area contributed by atoms with Gasteiger partial charge >= 0.3 is 0 Å². The highest BCUT2D eigenvalue weighted by Gasteiger charge is 2.24. The lowest BCUT2D eigenvalue weighted by atomic mass is 10.3. The third kappa shape index (κ3) is 5.05. The Morgan fingerprint density at radius 1 is 1.31 bits per heavy atom. The topological polar surface area (TPSA) is 80.9 Å². The molecule has 3 aromatic rings. The van der Waals surface area contributed by atoms with Crippen molar-refractivity contribution >= 4 is 45.0 Å². The Morgan fingerprint density at radius 2 is 2.14 bits per heavy atom. The molecule has 1 amide bonds. The van der Waals surface area contributed by atoms with Crippen LogP contribution in [-0.2, 0) is 4.74 Å². The van der Waals surface area contributed by atoms with Gasteiger partial charge in [-0.15, -0.1) is 12.4 Å². The van der Waals surface area contributed by atoms with Crippen LogP contribution in [0.15, 0.2) is 35.0 Å². The number of nitrogens with zero attached hydrogens (tertiary/aromatic N) is 4. The molecule has 0 bridgehead atoms. The lowest BCUT2D eigenvalue weighted by molar-refractivity contribution is 0.0376. The number of hydrogen-bond donors (Lipinski definition) is 0. The average molecular weight is 439 g/mol. The minimum atomic E-state index is -0.231. The lowest BCUT2D eigenvalue weighted by Gasteiger charge is -2.27. The Kier molecular flexibility index (Phi) is 7.43. The van der Waals surface area contributed by atoms with E-state index in [0.717, 1.165) is 55.2 Å². The second-order valence-electron chi connectivity index (χ2n) is 6.47. The Hall–Kier alpha value is -2.20. The second-order valence-corrected chi connectivity index (χ2v) is 7.48. The highest BCUT2D eigenvalue weighted by atomic mass is 35.5. The van der Waals surface area contributed by atoms with E-state index >= 15 is 0 Å². The normalized spacial score (nSPS) is 14.5. The Labute approximate surface area is 178 Å². The van der Waals surface area contributed by atoms with Crippen LogP contribution in [0.25, 0.3) is 10.2 Å². The molecule has 1 aliphatic heterocycles. The highest BCUT2D eigenvalue weighted by Crippen LogP contribution is 2.32. The monoisotopic (exact) mass is 438 g/mol. The number of methoxy groups -OCH3 is 1. The van der Waals surface area contributed by atoms with E-state index in [2.05, 4.69) is 15.0 Å². The van der Waals surface area contributed by atoms with Gasteiger partial charge < -0.3 is 14.0 Å². The summed E-state index contributed by atoms with van der Waals surface area (Å²) in [5, 5.41) is 4.31. The number of fused-ring (bicyclic) bond motifs is 1. The molecule has 1 saturated heterocycles. The number of thiazole rings is 1. The van der Waals surface area contributed by atoms with E-state index in [1.165, 1.54) is 17.5 Å². The van der Waals surface area contributed by atoms with Crippen LogP contribution >= 0.6 is 23.7 Å². The van der Waals surface area contributed by atoms with Gasteiger partial charge in [0.25, 0.3) is 5.91 Å². The smallest absolute Gasteiger partial charge is 0.298 e. The van der Waals surface area contributed by atoms with Gasteiger partial charge in [0.05, 0.1) is 36.7 Å². The molecule has 2 aromatic heterocycles. The molecular formula is C19H23ClN4O4S. The summed E-state index contributed by atoms with van der Waals surface area (Å²) in [6.45, 7) is 4.84. The minimum absolute atomic E-state index is 0. The van der Waals surface area contributed by atoms with E-state index in [0.29, 0.717) is 11.7 Å². The van der Waals surface area contributed by atoms with E-state index in [9.17, 15) is 4.79 Å². The molecular weight excluding hydrogens is 416 g/mol. The first-order valence-corrected chi connectivity index (χ1v) is 10.0. The number of aromatic nitrogens is 2. The first-order chi connectivity index (χ1) is 13.7. The van der Waals surface area contributed by atoms with E-state index in [1.54, 1.807) is 18.1 Å². The van der Waals surface area contributed by atoms with Gasteiger partial charge in [0.2, 0.25) is 5.76 Å². The first kappa shape index (κ1) is 21.5. The van der Waals surface area contributed by atoms with Gasteiger partial charge in [0, 0.05) is 32.2 Å². The molecule has 0 saturated carbocycles. The summed E-state index contributed by atoms with van der Waals surface area (Å²) < 4.78 is 16.7. The fourth-order valence-electron chi connectivity index (χ4n) is 3.16. The van der Waals surface area contributed by atoms with Crippen LogP contribution in [0.5, 0.6) is 5.75 Å². The number of rotatable bonds is 7. The van der Waals surface area contributed by atoms with Crippen molar-refractivity contribution in [2.45, 2.75) is 6.42 Å². The van der Waals surface area contributed by atoms with Gasteiger partial charge in [-0.25, -0.2) is 4.98 Å². The molecule has 1 aliphatic rings. The number of carbonyl (C=O) groups is 1. The zero-order chi connectivity index (χ0) is 19.3. The van der Waals surface area contributed by atoms with Crippen molar-refractivity contribution in [3.63, 3.8) is 0 Å². The van der Waals surface area contributed by atoms with Crippen LogP contribution in [0.3, 0.4) is 0 Å². The molecule has 8 nitrogen and oxygen atoms in total. The van der Waals surface area contributed by atoms with Crippen LogP contribution in [0.2, 0.25) is 0 Å². The molecule has 0 spiro atoms. The molecule has 0 aliphatic carbocycles. The summed E-state index contributed by atoms with van der Waals surface area (Å²) in [5.74, 6) is 0.747.